The Morgan fingerprint density at radius 3 is 2.65 bits per heavy atom. The highest BCUT2D eigenvalue weighted by Crippen LogP contribution is 2.22. The standard InChI is InChI=1S/C13H18N2O4S/c1-9(16)14-10(11-5-4-6-20-11)7-12(17)15(2)8-13(18)19-3/h4-6,10H,7-8H2,1-3H3,(H,14,16). The second-order valence-corrected chi connectivity index (χ2v) is 5.28. The summed E-state index contributed by atoms with van der Waals surface area (Å²) in [5.74, 6) is -0.914. The molecule has 0 radical (unpaired) electrons. The minimum Gasteiger partial charge on any atom is -0.468 e. The molecule has 1 atom stereocenters. The van der Waals surface area contributed by atoms with Crippen molar-refractivity contribution >= 4 is 29.1 Å². The van der Waals surface area contributed by atoms with E-state index in [9.17, 15) is 14.4 Å². The highest BCUT2D eigenvalue weighted by atomic mass is 32.1. The molecule has 1 heterocycles. The van der Waals surface area contributed by atoms with Gasteiger partial charge >= 0.3 is 5.97 Å². The van der Waals surface area contributed by atoms with Gasteiger partial charge in [-0.1, -0.05) is 6.07 Å². The summed E-state index contributed by atoms with van der Waals surface area (Å²) in [6.45, 7) is 1.30. The van der Waals surface area contributed by atoms with Crippen LogP contribution in [-0.2, 0) is 19.1 Å². The van der Waals surface area contributed by atoms with Crippen molar-refractivity contribution in [3.05, 3.63) is 22.4 Å². The molecule has 0 spiro atoms. The van der Waals surface area contributed by atoms with Gasteiger partial charge in [0.1, 0.15) is 6.54 Å². The number of thiophene rings is 1. The first-order valence-corrected chi connectivity index (χ1v) is 6.93. The first-order chi connectivity index (χ1) is 9.43. The van der Waals surface area contributed by atoms with Crippen LogP contribution in [0.1, 0.15) is 24.3 Å². The van der Waals surface area contributed by atoms with E-state index in [2.05, 4.69) is 10.1 Å². The zero-order valence-corrected chi connectivity index (χ0v) is 12.5. The molecule has 1 N–H and O–H groups in total. The third kappa shape index (κ3) is 5.00. The lowest BCUT2D eigenvalue weighted by Gasteiger charge is -2.20. The molecule has 0 aliphatic rings. The normalized spacial score (nSPS) is 11.6. The highest BCUT2D eigenvalue weighted by molar-refractivity contribution is 7.10. The van der Waals surface area contributed by atoms with Crippen molar-refractivity contribution in [3.8, 4) is 0 Å². The van der Waals surface area contributed by atoms with E-state index in [0.717, 1.165) is 4.88 Å². The van der Waals surface area contributed by atoms with Crippen LogP contribution in [0.15, 0.2) is 17.5 Å². The minimum atomic E-state index is -0.479. The van der Waals surface area contributed by atoms with E-state index in [1.165, 1.54) is 37.3 Å². The van der Waals surface area contributed by atoms with Gasteiger partial charge in [-0.2, -0.15) is 0 Å². The number of carbonyl (C=O) groups excluding carboxylic acids is 3. The van der Waals surface area contributed by atoms with Gasteiger partial charge in [-0.05, 0) is 11.4 Å². The molecule has 0 aliphatic heterocycles. The fraction of sp³-hybridized carbons (Fsp3) is 0.462. The molecule has 1 unspecified atom stereocenters. The second-order valence-electron chi connectivity index (χ2n) is 4.30. The summed E-state index contributed by atoms with van der Waals surface area (Å²) in [6, 6.07) is 3.34. The maximum atomic E-state index is 12.1. The molecule has 1 aromatic rings. The molecule has 0 aromatic carbocycles. The monoisotopic (exact) mass is 298 g/mol. The molecule has 2 amide bonds. The van der Waals surface area contributed by atoms with Crippen molar-refractivity contribution in [2.75, 3.05) is 20.7 Å². The van der Waals surface area contributed by atoms with Gasteiger partial charge in [0.05, 0.1) is 19.6 Å². The Morgan fingerprint density at radius 2 is 2.15 bits per heavy atom. The molecule has 0 saturated carbocycles. The van der Waals surface area contributed by atoms with Gasteiger partial charge in [0.2, 0.25) is 11.8 Å². The first kappa shape index (κ1) is 16.2. The molecule has 7 heteroatoms. The Hall–Kier alpha value is -1.89. The van der Waals surface area contributed by atoms with Crippen LogP contribution in [0.25, 0.3) is 0 Å². The van der Waals surface area contributed by atoms with Gasteiger partial charge < -0.3 is 15.0 Å². The molecule has 0 saturated heterocycles. The van der Waals surface area contributed by atoms with Gasteiger partial charge in [0.15, 0.2) is 0 Å². The van der Waals surface area contributed by atoms with E-state index in [1.807, 2.05) is 17.5 Å². The van der Waals surface area contributed by atoms with E-state index in [4.69, 9.17) is 0 Å². The number of rotatable bonds is 6. The smallest absolute Gasteiger partial charge is 0.325 e. The number of ether oxygens (including phenoxy) is 1. The van der Waals surface area contributed by atoms with Crippen molar-refractivity contribution in [3.63, 3.8) is 0 Å². The Kier molecular flexibility index (Phi) is 6.17. The van der Waals surface area contributed by atoms with E-state index in [1.54, 1.807) is 0 Å². The summed E-state index contributed by atoms with van der Waals surface area (Å²) in [4.78, 5) is 36.6. The van der Waals surface area contributed by atoms with Gasteiger partial charge in [0.25, 0.3) is 0 Å². The molecule has 6 nitrogen and oxygen atoms in total. The molecule has 0 bridgehead atoms. The summed E-state index contributed by atoms with van der Waals surface area (Å²) in [5.41, 5.74) is 0. The van der Waals surface area contributed by atoms with E-state index in [0.29, 0.717) is 0 Å². The SMILES string of the molecule is COC(=O)CN(C)C(=O)CC(NC(C)=O)c1cccs1. The van der Waals surface area contributed by atoms with Crippen molar-refractivity contribution in [2.45, 2.75) is 19.4 Å². The lowest BCUT2D eigenvalue weighted by atomic mass is 10.1. The number of amides is 2. The van der Waals surface area contributed by atoms with Crippen molar-refractivity contribution in [1.29, 1.82) is 0 Å². The van der Waals surface area contributed by atoms with Crippen LogP contribution in [0.4, 0.5) is 0 Å². The average molecular weight is 298 g/mol. The number of nitrogens with one attached hydrogen (secondary N) is 1. The molecule has 20 heavy (non-hydrogen) atoms. The van der Waals surface area contributed by atoms with E-state index in [-0.39, 0.29) is 30.8 Å². The molecular weight excluding hydrogens is 280 g/mol. The summed E-state index contributed by atoms with van der Waals surface area (Å²) in [6.07, 6.45) is 0.105. The number of methoxy groups -OCH3 is 1. The van der Waals surface area contributed by atoms with Crippen LogP contribution < -0.4 is 5.32 Å². The van der Waals surface area contributed by atoms with E-state index >= 15 is 0 Å². The maximum Gasteiger partial charge on any atom is 0.325 e. The van der Waals surface area contributed by atoms with Crippen molar-refractivity contribution < 1.29 is 19.1 Å². The number of nitrogens with zero attached hydrogens (tertiary/aromatic N) is 1. The first-order valence-electron chi connectivity index (χ1n) is 6.05. The van der Waals surface area contributed by atoms with Crippen LogP contribution in [0.3, 0.4) is 0 Å². The van der Waals surface area contributed by atoms with Crippen LogP contribution in [0.5, 0.6) is 0 Å². The molecule has 0 fully saturated rings. The second kappa shape index (κ2) is 7.64. The third-order valence-electron chi connectivity index (χ3n) is 2.66. The van der Waals surface area contributed by atoms with Crippen molar-refractivity contribution in [1.82, 2.24) is 10.2 Å². The third-order valence-corrected chi connectivity index (χ3v) is 3.65. The van der Waals surface area contributed by atoms with Gasteiger partial charge in [-0.3, -0.25) is 14.4 Å². The Morgan fingerprint density at radius 1 is 1.45 bits per heavy atom. The predicted molar refractivity (Wildman–Crippen MR) is 75.1 cm³/mol. The van der Waals surface area contributed by atoms with Crippen molar-refractivity contribution in [2.24, 2.45) is 0 Å². The fourth-order valence-electron chi connectivity index (χ4n) is 1.63. The summed E-state index contributed by atoms with van der Waals surface area (Å²) < 4.78 is 4.51. The fourth-order valence-corrected chi connectivity index (χ4v) is 2.41. The molecular formula is C13H18N2O4S. The summed E-state index contributed by atoms with van der Waals surface area (Å²) in [7, 11) is 2.80. The Labute approximate surface area is 121 Å². The van der Waals surface area contributed by atoms with Crippen LogP contribution in [0.2, 0.25) is 0 Å². The highest BCUT2D eigenvalue weighted by Gasteiger charge is 2.21. The Bertz CT molecular complexity index is 473. The number of esters is 1. The number of hydrogen-bond acceptors (Lipinski definition) is 5. The molecule has 110 valence electrons. The quantitative estimate of drug-likeness (QED) is 0.793. The van der Waals surface area contributed by atoms with Gasteiger partial charge in [-0.25, -0.2) is 0 Å². The molecule has 1 aromatic heterocycles. The topological polar surface area (TPSA) is 75.7 Å². The van der Waals surface area contributed by atoms with Crippen LogP contribution in [-0.4, -0.2) is 43.4 Å². The number of carbonyl (C=O) groups is 3. The lowest BCUT2D eigenvalue weighted by molar-refractivity contribution is -0.146. The maximum absolute atomic E-state index is 12.1. The zero-order chi connectivity index (χ0) is 15.1. The van der Waals surface area contributed by atoms with Crippen LogP contribution in [0, 0.1) is 0 Å². The number of likely N-dealkylation sites (N-methyl/N-ethyl adjacent to an activating group) is 1. The lowest BCUT2D eigenvalue weighted by Crippen LogP contribution is -2.36. The largest absolute Gasteiger partial charge is 0.468 e. The summed E-state index contributed by atoms with van der Waals surface area (Å²) in [5, 5.41) is 4.62. The average Bonchev–Trinajstić information content (AvgIpc) is 2.90. The summed E-state index contributed by atoms with van der Waals surface area (Å²) >= 11 is 1.47. The van der Waals surface area contributed by atoms with Gasteiger partial charge in [-0.15, -0.1) is 11.3 Å². The molecule has 1 rings (SSSR count). The van der Waals surface area contributed by atoms with Gasteiger partial charge in [0, 0.05) is 18.8 Å². The zero-order valence-electron chi connectivity index (χ0n) is 11.7. The predicted octanol–water partition coefficient (Wildman–Crippen LogP) is 0.947. The Balaban J connectivity index is 2.67. The van der Waals surface area contributed by atoms with Crippen LogP contribution >= 0.6 is 11.3 Å². The number of hydrogen-bond donors (Lipinski definition) is 1. The van der Waals surface area contributed by atoms with E-state index < -0.39 is 5.97 Å². The minimum absolute atomic E-state index is 0.105. The molecule has 0 aliphatic carbocycles.